The lowest BCUT2D eigenvalue weighted by Crippen LogP contribution is -2.52. The van der Waals surface area contributed by atoms with Crippen molar-refractivity contribution in [1.82, 2.24) is 10.2 Å². The summed E-state index contributed by atoms with van der Waals surface area (Å²) in [6.45, 7) is 7.65. The number of ether oxygens (including phenoxy) is 1. The Morgan fingerprint density at radius 2 is 1.68 bits per heavy atom. The number of carbonyl (C=O) groups excluding carboxylic acids is 2. The molecule has 0 saturated heterocycles. The number of hydrogen-bond donors (Lipinski definition) is 1. The first kappa shape index (κ1) is 32.0. The van der Waals surface area contributed by atoms with E-state index in [1.54, 1.807) is 24.3 Å². The molecule has 8 nitrogen and oxygen atoms in total. The van der Waals surface area contributed by atoms with Crippen LogP contribution in [-0.2, 0) is 26.2 Å². The maximum absolute atomic E-state index is 14.1. The van der Waals surface area contributed by atoms with Crippen LogP contribution in [0.1, 0.15) is 43.4 Å². The van der Waals surface area contributed by atoms with Gasteiger partial charge in [0.2, 0.25) is 11.8 Å². The molecular formula is C31H38ClN3O5S. The van der Waals surface area contributed by atoms with Gasteiger partial charge in [0.15, 0.2) is 0 Å². The smallest absolute Gasteiger partial charge is 0.264 e. The number of rotatable bonds is 13. The predicted octanol–water partition coefficient (Wildman–Crippen LogP) is 5.49. The Hall–Kier alpha value is -3.56. The lowest BCUT2D eigenvalue weighted by Gasteiger charge is -2.33. The van der Waals surface area contributed by atoms with Crippen LogP contribution in [0.15, 0.2) is 71.6 Å². The number of anilines is 1. The van der Waals surface area contributed by atoms with E-state index >= 15 is 0 Å². The Kier molecular flexibility index (Phi) is 11.2. The third-order valence-electron chi connectivity index (χ3n) is 6.85. The van der Waals surface area contributed by atoms with Crippen molar-refractivity contribution < 1.29 is 22.7 Å². The maximum atomic E-state index is 14.1. The molecule has 0 spiro atoms. The zero-order chi connectivity index (χ0) is 30.2. The summed E-state index contributed by atoms with van der Waals surface area (Å²) < 4.78 is 34.3. The molecule has 0 aliphatic heterocycles. The van der Waals surface area contributed by atoms with E-state index in [0.29, 0.717) is 18.7 Å². The van der Waals surface area contributed by atoms with E-state index in [0.717, 1.165) is 27.4 Å². The molecule has 220 valence electrons. The van der Waals surface area contributed by atoms with E-state index in [9.17, 15) is 18.0 Å². The third-order valence-corrected chi connectivity index (χ3v) is 8.93. The van der Waals surface area contributed by atoms with E-state index in [-0.39, 0.29) is 28.1 Å². The first-order valence-corrected chi connectivity index (χ1v) is 15.4. The molecular weight excluding hydrogens is 562 g/mol. The van der Waals surface area contributed by atoms with E-state index < -0.39 is 28.5 Å². The van der Waals surface area contributed by atoms with Crippen LogP contribution in [0.2, 0.25) is 5.02 Å². The van der Waals surface area contributed by atoms with Gasteiger partial charge in [-0.25, -0.2) is 8.42 Å². The molecule has 0 bridgehead atoms. The van der Waals surface area contributed by atoms with Crippen molar-refractivity contribution in [2.45, 2.75) is 58.0 Å². The molecule has 0 aromatic heterocycles. The van der Waals surface area contributed by atoms with Crippen LogP contribution < -0.4 is 14.4 Å². The Balaban J connectivity index is 2.10. The fraction of sp³-hybridized carbons (Fsp3) is 0.355. The minimum absolute atomic E-state index is 0.0287. The van der Waals surface area contributed by atoms with Crippen LogP contribution in [0.25, 0.3) is 0 Å². The minimum Gasteiger partial charge on any atom is -0.495 e. The molecule has 0 fully saturated rings. The molecule has 2 amide bonds. The maximum Gasteiger partial charge on any atom is 0.264 e. The van der Waals surface area contributed by atoms with Crippen molar-refractivity contribution in [3.8, 4) is 5.75 Å². The quantitative estimate of drug-likeness (QED) is 0.280. The molecule has 0 heterocycles. The molecule has 1 atom stereocenters. The number of hydrogen-bond acceptors (Lipinski definition) is 5. The van der Waals surface area contributed by atoms with Crippen LogP contribution in [0.4, 0.5) is 5.69 Å². The predicted molar refractivity (Wildman–Crippen MR) is 163 cm³/mol. The summed E-state index contributed by atoms with van der Waals surface area (Å²) in [5, 5.41) is 3.09. The van der Waals surface area contributed by atoms with Crippen molar-refractivity contribution >= 4 is 39.1 Å². The van der Waals surface area contributed by atoms with E-state index in [2.05, 4.69) is 5.32 Å². The molecule has 41 heavy (non-hydrogen) atoms. The highest BCUT2D eigenvalue weighted by atomic mass is 35.5. The number of sulfonamides is 1. The Bertz CT molecular complexity index is 1460. The van der Waals surface area contributed by atoms with Gasteiger partial charge in [-0.15, -0.1) is 0 Å². The third kappa shape index (κ3) is 7.80. The zero-order valence-corrected chi connectivity index (χ0v) is 25.8. The lowest BCUT2D eigenvalue weighted by atomic mass is 10.1. The summed E-state index contributed by atoms with van der Waals surface area (Å²) in [7, 11) is -2.74. The highest BCUT2D eigenvalue weighted by Crippen LogP contribution is 2.32. The highest BCUT2D eigenvalue weighted by molar-refractivity contribution is 7.92. The first-order valence-electron chi connectivity index (χ1n) is 13.6. The topological polar surface area (TPSA) is 96.0 Å². The van der Waals surface area contributed by atoms with Crippen LogP contribution in [0, 0.1) is 13.8 Å². The summed E-state index contributed by atoms with van der Waals surface area (Å²) >= 11 is 6.38. The number of halogens is 1. The van der Waals surface area contributed by atoms with Gasteiger partial charge in [0.25, 0.3) is 10.0 Å². The molecule has 3 rings (SSSR count). The number of carbonyl (C=O) groups is 2. The summed E-state index contributed by atoms with van der Waals surface area (Å²) in [4.78, 5) is 28.8. The average molecular weight is 600 g/mol. The standard InChI is InChI=1S/C31H38ClN3O5S/c1-6-18-33-31(37)28(7-2)34(20-24-11-9-8-10-23(24)4)30(36)21-35(25-14-17-29(40-5)27(32)19-25)41(38,39)26-15-12-22(3)13-16-26/h8-17,19,28H,6-7,18,20-21H2,1-5H3,(H,33,37)/t28-/m1/s1. The van der Waals surface area contributed by atoms with Gasteiger partial charge in [-0.2, -0.15) is 0 Å². The molecule has 3 aromatic carbocycles. The molecule has 3 aromatic rings. The number of aryl methyl sites for hydroxylation is 2. The Morgan fingerprint density at radius 1 is 1.00 bits per heavy atom. The van der Waals surface area contributed by atoms with Gasteiger partial charge in [0, 0.05) is 13.1 Å². The van der Waals surface area contributed by atoms with Crippen LogP contribution in [0.3, 0.4) is 0 Å². The van der Waals surface area contributed by atoms with Crippen molar-refractivity contribution in [3.05, 3.63) is 88.4 Å². The highest BCUT2D eigenvalue weighted by Gasteiger charge is 2.34. The summed E-state index contributed by atoms with van der Waals surface area (Å²) in [6, 6.07) is 17.8. The largest absolute Gasteiger partial charge is 0.495 e. The molecule has 0 saturated carbocycles. The number of nitrogens with zero attached hydrogens (tertiary/aromatic N) is 2. The molecule has 0 unspecified atom stereocenters. The van der Waals surface area contributed by atoms with Crippen LogP contribution >= 0.6 is 11.6 Å². The monoisotopic (exact) mass is 599 g/mol. The van der Waals surface area contributed by atoms with Crippen molar-refractivity contribution in [1.29, 1.82) is 0 Å². The summed E-state index contributed by atoms with van der Waals surface area (Å²) in [6.07, 6.45) is 1.10. The zero-order valence-electron chi connectivity index (χ0n) is 24.2. The average Bonchev–Trinajstić information content (AvgIpc) is 2.95. The van der Waals surface area contributed by atoms with Gasteiger partial charge >= 0.3 is 0 Å². The summed E-state index contributed by atoms with van der Waals surface area (Å²) in [5.74, 6) is -0.430. The second-order valence-corrected chi connectivity index (χ2v) is 12.1. The molecule has 1 N–H and O–H groups in total. The van der Waals surface area contributed by atoms with Gasteiger partial charge in [-0.3, -0.25) is 13.9 Å². The van der Waals surface area contributed by atoms with Gasteiger partial charge in [-0.05, 0) is 68.1 Å². The van der Waals surface area contributed by atoms with Gasteiger partial charge in [0.05, 0.1) is 22.7 Å². The van der Waals surface area contributed by atoms with Crippen molar-refractivity contribution in [2.75, 3.05) is 24.5 Å². The Morgan fingerprint density at radius 3 is 2.27 bits per heavy atom. The molecule has 10 heteroatoms. The van der Waals surface area contributed by atoms with E-state index in [1.165, 1.54) is 30.2 Å². The fourth-order valence-electron chi connectivity index (χ4n) is 4.43. The minimum atomic E-state index is -4.20. The SMILES string of the molecule is CCCNC(=O)[C@@H](CC)N(Cc1ccccc1C)C(=O)CN(c1ccc(OC)c(Cl)c1)S(=O)(=O)c1ccc(C)cc1. The Labute approximate surface area is 248 Å². The number of nitrogens with one attached hydrogen (secondary N) is 1. The van der Waals surface area contributed by atoms with Gasteiger partial charge < -0.3 is 15.0 Å². The van der Waals surface area contributed by atoms with Crippen molar-refractivity contribution in [2.24, 2.45) is 0 Å². The number of amides is 2. The first-order chi connectivity index (χ1) is 19.5. The normalized spacial score (nSPS) is 12.0. The molecule has 0 aliphatic carbocycles. The fourth-order valence-corrected chi connectivity index (χ4v) is 6.09. The van der Waals surface area contributed by atoms with Crippen LogP contribution in [0.5, 0.6) is 5.75 Å². The van der Waals surface area contributed by atoms with Crippen LogP contribution in [-0.4, -0.2) is 51.4 Å². The second-order valence-electron chi connectivity index (χ2n) is 9.81. The summed E-state index contributed by atoms with van der Waals surface area (Å²) in [5.41, 5.74) is 2.92. The van der Waals surface area contributed by atoms with Gasteiger partial charge in [-0.1, -0.05) is 67.4 Å². The second kappa shape index (κ2) is 14.4. The number of methoxy groups -OCH3 is 1. The van der Waals surface area contributed by atoms with E-state index in [4.69, 9.17) is 16.3 Å². The van der Waals surface area contributed by atoms with Gasteiger partial charge in [0.1, 0.15) is 18.3 Å². The number of benzene rings is 3. The molecule has 0 radical (unpaired) electrons. The van der Waals surface area contributed by atoms with Crippen molar-refractivity contribution in [3.63, 3.8) is 0 Å². The molecule has 0 aliphatic rings. The lowest BCUT2D eigenvalue weighted by molar-refractivity contribution is -0.140. The van der Waals surface area contributed by atoms with E-state index in [1.807, 2.05) is 52.0 Å².